The van der Waals surface area contributed by atoms with Gasteiger partial charge in [-0.1, -0.05) is 26.0 Å². The smallest absolute Gasteiger partial charge is 0.0702 e. The number of hydrogen-bond acceptors (Lipinski definition) is 3. The van der Waals surface area contributed by atoms with Gasteiger partial charge in [0.15, 0.2) is 0 Å². The van der Waals surface area contributed by atoms with Gasteiger partial charge in [0.05, 0.1) is 5.52 Å². The SMILES string of the molecule is CC(C)NCCN(C)Cc1ccc2ncccc2c1. The third-order valence-electron chi connectivity index (χ3n) is 3.17. The monoisotopic (exact) mass is 257 g/mol. The van der Waals surface area contributed by atoms with Crippen molar-refractivity contribution in [3.8, 4) is 0 Å². The highest BCUT2D eigenvalue weighted by Crippen LogP contribution is 2.14. The molecular weight excluding hydrogens is 234 g/mol. The zero-order valence-electron chi connectivity index (χ0n) is 12.1. The summed E-state index contributed by atoms with van der Waals surface area (Å²) in [6, 6.07) is 11.2. The van der Waals surface area contributed by atoms with Crippen molar-refractivity contribution < 1.29 is 0 Å². The standard InChI is InChI=1S/C16H23N3/c1-13(2)17-9-10-19(3)12-14-6-7-16-15(11-14)5-4-8-18-16/h4-8,11,13,17H,9-10,12H2,1-3H3. The van der Waals surface area contributed by atoms with E-state index in [0.29, 0.717) is 6.04 Å². The largest absolute Gasteiger partial charge is 0.313 e. The Labute approximate surface area is 115 Å². The zero-order valence-corrected chi connectivity index (χ0v) is 12.1. The summed E-state index contributed by atoms with van der Waals surface area (Å²) in [6.07, 6.45) is 1.84. The Morgan fingerprint density at radius 2 is 2.11 bits per heavy atom. The molecule has 0 atom stereocenters. The molecule has 0 amide bonds. The molecule has 3 heteroatoms. The summed E-state index contributed by atoms with van der Waals surface area (Å²) >= 11 is 0. The van der Waals surface area contributed by atoms with Gasteiger partial charge >= 0.3 is 0 Å². The predicted molar refractivity (Wildman–Crippen MR) is 81.2 cm³/mol. The van der Waals surface area contributed by atoms with Gasteiger partial charge in [0.2, 0.25) is 0 Å². The number of nitrogens with one attached hydrogen (secondary N) is 1. The minimum absolute atomic E-state index is 0.556. The third-order valence-corrected chi connectivity index (χ3v) is 3.17. The van der Waals surface area contributed by atoms with Crippen molar-refractivity contribution in [1.82, 2.24) is 15.2 Å². The van der Waals surface area contributed by atoms with Crippen molar-refractivity contribution in [3.05, 3.63) is 42.1 Å². The first kappa shape index (κ1) is 14.0. The van der Waals surface area contributed by atoms with Crippen LogP contribution in [0, 0.1) is 0 Å². The summed E-state index contributed by atoms with van der Waals surface area (Å²) < 4.78 is 0. The second-order valence-electron chi connectivity index (χ2n) is 5.38. The van der Waals surface area contributed by atoms with Crippen LogP contribution < -0.4 is 5.32 Å². The van der Waals surface area contributed by atoms with Gasteiger partial charge in [-0.25, -0.2) is 0 Å². The molecule has 1 aromatic carbocycles. The highest BCUT2D eigenvalue weighted by Gasteiger charge is 2.02. The number of benzene rings is 1. The minimum Gasteiger partial charge on any atom is -0.313 e. The fourth-order valence-electron chi connectivity index (χ4n) is 2.16. The van der Waals surface area contributed by atoms with Crippen molar-refractivity contribution in [3.63, 3.8) is 0 Å². The molecule has 0 aliphatic carbocycles. The first-order chi connectivity index (χ1) is 9.15. The van der Waals surface area contributed by atoms with Gasteiger partial charge in [-0.15, -0.1) is 0 Å². The van der Waals surface area contributed by atoms with Crippen LogP contribution in [0.5, 0.6) is 0 Å². The Morgan fingerprint density at radius 1 is 1.26 bits per heavy atom. The molecule has 1 N–H and O–H groups in total. The van der Waals surface area contributed by atoms with E-state index in [0.717, 1.165) is 25.2 Å². The van der Waals surface area contributed by atoms with E-state index in [9.17, 15) is 0 Å². The Bertz CT molecular complexity index is 522. The van der Waals surface area contributed by atoms with Crippen LogP contribution in [0.3, 0.4) is 0 Å². The molecule has 0 saturated heterocycles. The molecule has 0 unspecified atom stereocenters. The van der Waals surface area contributed by atoms with E-state index in [4.69, 9.17) is 0 Å². The van der Waals surface area contributed by atoms with Crippen LogP contribution in [0.4, 0.5) is 0 Å². The maximum Gasteiger partial charge on any atom is 0.0702 e. The molecule has 0 aliphatic rings. The number of nitrogens with zero attached hydrogens (tertiary/aromatic N) is 2. The highest BCUT2D eigenvalue weighted by atomic mass is 15.1. The molecule has 1 aromatic heterocycles. The van der Waals surface area contributed by atoms with Gasteiger partial charge in [-0.05, 0) is 30.8 Å². The first-order valence-electron chi connectivity index (χ1n) is 6.91. The minimum atomic E-state index is 0.556. The van der Waals surface area contributed by atoms with Gasteiger partial charge in [0.1, 0.15) is 0 Å². The lowest BCUT2D eigenvalue weighted by Gasteiger charge is -2.18. The van der Waals surface area contributed by atoms with Crippen LogP contribution >= 0.6 is 0 Å². The van der Waals surface area contributed by atoms with Gasteiger partial charge in [0.25, 0.3) is 0 Å². The number of rotatable bonds is 6. The van der Waals surface area contributed by atoms with Crippen molar-refractivity contribution in [2.45, 2.75) is 26.4 Å². The quantitative estimate of drug-likeness (QED) is 0.862. The number of hydrogen-bond donors (Lipinski definition) is 1. The third kappa shape index (κ3) is 4.30. The van der Waals surface area contributed by atoms with E-state index in [1.54, 1.807) is 0 Å². The van der Waals surface area contributed by atoms with Crippen molar-refractivity contribution in [2.24, 2.45) is 0 Å². The maximum absolute atomic E-state index is 4.35. The highest BCUT2D eigenvalue weighted by molar-refractivity contribution is 5.78. The fraction of sp³-hybridized carbons (Fsp3) is 0.438. The predicted octanol–water partition coefficient (Wildman–Crippen LogP) is 2.66. The summed E-state index contributed by atoms with van der Waals surface area (Å²) in [4.78, 5) is 6.69. The average molecular weight is 257 g/mol. The molecule has 0 radical (unpaired) electrons. The first-order valence-corrected chi connectivity index (χ1v) is 6.91. The number of likely N-dealkylation sites (N-methyl/N-ethyl adjacent to an activating group) is 1. The maximum atomic E-state index is 4.35. The van der Waals surface area contributed by atoms with E-state index in [1.165, 1.54) is 10.9 Å². The lowest BCUT2D eigenvalue weighted by Crippen LogP contribution is -2.32. The summed E-state index contributed by atoms with van der Waals surface area (Å²) in [5.41, 5.74) is 2.41. The van der Waals surface area contributed by atoms with E-state index in [2.05, 4.69) is 60.4 Å². The van der Waals surface area contributed by atoms with Crippen LogP contribution in [0.25, 0.3) is 10.9 Å². The van der Waals surface area contributed by atoms with Crippen LogP contribution in [-0.4, -0.2) is 36.1 Å². The van der Waals surface area contributed by atoms with Crippen LogP contribution in [-0.2, 0) is 6.54 Å². The number of pyridine rings is 1. The van der Waals surface area contributed by atoms with E-state index >= 15 is 0 Å². The molecule has 0 bridgehead atoms. The zero-order chi connectivity index (χ0) is 13.7. The van der Waals surface area contributed by atoms with Crippen molar-refractivity contribution in [2.75, 3.05) is 20.1 Å². The van der Waals surface area contributed by atoms with Crippen molar-refractivity contribution >= 4 is 10.9 Å². The summed E-state index contributed by atoms with van der Waals surface area (Å²) in [7, 11) is 2.16. The molecule has 0 fully saturated rings. The average Bonchev–Trinajstić information content (AvgIpc) is 2.38. The van der Waals surface area contributed by atoms with Crippen molar-refractivity contribution in [1.29, 1.82) is 0 Å². The lowest BCUT2D eigenvalue weighted by molar-refractivity contribution is 0.320. The van der Waals surface area contributed by atoms with Gasteiger partial charge < -0.3 is 10.2 Å². The van der Waals surface area contributed by atoms with Gasteiger partial charge in [0, 0.05) is 37.3 Å². The van der Waals surface area contributed by atoms with Crippen LogP contribution in [0.2, 0.25) is 0 Å². The molecule has 0 aliphatic heterocycles. The summed E-state index contributed by atoms with van der Waals surface area (Å²) in [5, 5.41) is 4.66. The molecule has 1 heterocycles. The second-order valence-corrected chi connectivity index (χ2v) is 5.38. The van der Waals surface area contributed by atoms with E-state index < -0.39 is 0 Å². The Morgan fingerprint density at radius 3 is 2.89 bits per heavy atom. The summed E-state index contributed by atoms with van der Waals surface area (Å²) in [5.74, 6) is 0. The van der Waals surface area contributed by atoms with Crippen LogP contribution in [0.1, 0.15) is 19.4 Å². The molecule has 3 nitrogen and oxygen atoms in total. The molecule has 2 aromatic rings. The normalized spacial score (nSPS) is 11.6. The second kappa shape index (κ2) is 6.64. The molecule has 0 spiro atoms. The summed E-state index contributed by atoms with van der Waals surface area (Å²) in [6.45, 7) is 7.42. The lowest BCUT2D eigenvalue weighted by atomic mass is 10.1. The Hall–Kier alpha value is -1.45. The van der Waals surface area contributed by atoms with E-state index in [1.807, 2.05) is 12.3 Å². The molecule has 0 saturated carbocycles. The van der Waals surface area contributed by atoms with Crippen LogP contribution in [0.15, 0.2) is 36.5 Å². The number of fused-ring (bicyclic) bond motifs is 1. The van der Waals surface area contributed by atoms with Gasteiger partial charge in [-0.2, -0.15) is 0 Å². The fourth-order valence-corrected chi connectivity index (χ4v) is 2.16. The molecule has 2 rings (SSSR count). The molecular formula is C16H23N3. The van der Waals surface area contributed by atoms with E-state index in [-0.39, 0.29) is 0 Å². The number of aromatic nitrogens is 1. The van der Waals surface area contributed by atoms with Gasteiger partial charge in [-0.3, -0.25) is 4.98 Å². The molecule has 102 valence electrons. The Balaban J connectivity index is 1.93. The topological polar surface area (TPSA) is 28.2 Å². The molecule has 19 heavy (non-hydrogen) atoms. The Kier molecular flexibility index (Phi) is 4.88.